The Labute approximate surface area is 123 Å². The van der Waals surface area contributed by atoms with Gasteiger partial charge in [-0.05, 0) is 36.8 Å². The maximum Gasteiger partial charge on any atom is 0.254 e. The van der Waals surface area contributed by atoms with Gasteiger partial charge in [-0.25, -0.2) is 8.78 Å². The topological polar surface area (TPSA) is 29.1 Å². The molecule has 2 rings (SSSR count). The zero-order valence-electron chi connectivity index (χ0n) is 10.7. The summed E-state index contributed by atoms with van der Waals surface area (Å²) in [5, 5.41) is 2.68. The third-order valence-corrected chi connectivity index (χ3v) is 3.37. The van der Waals surface area contributed by atoms with Gasteiger partial charge in [0.2, 0.25) is 0 Å². The second kappa shape index (κ2) is 6.13. The van der Waals surface area contributed by atoms with Crippen LogP contribution in [0.25, 0.3) is 0 Å². The van der Waals surface area contributed by atoms with E-state index in [9.17, 15) is 13.6 Å². The molecule has 0 saturated carbocycles. The van der Waals surface area contributed by atoms with Gasteiger partial charge in [-0.1, -0.05) is 28.1 Å². The van der Waals surface area contributed by atoms with Crippen LogP contribution in [0.1, 0.15) is 28.9 Å². The van der Waals surface area contributed by atoms with Crippen molar-refractivity contribution < 1.29 is 13.6 Å². The summed E-state index contributed by atoms with van der Waals surface area (Å²) in [5.41, 5.74) is 0.712. The predicted octanol–water partition coefficient (Wildman–Crippen LogP) is 4.22. The monoisotopic (exact) mass is 339 g/mol. The lowest BCUT2D eigenvalue weighted by Crippen LogP contribution is -2.27. The summed E-state index contributed by atoms with van der Waals surface area (Å²) in [5.74, 6) is -2.15. The fourth-order valence-electron chi connectivity index (χ4n) is 1.81. The number of halogens is 3. The third-order valence-electron chi connectivity index (χ3n) is 2.87. The number of carbonyl (C=O) groups is 1. The molecule has 0 spiro atoms. The molecule has 104 valence electrons. The van der Waals surface area contributed by atoms with Gasteiger partial charge in [-0.3, -0.25) is 4.79 Å². The molecule has 0 aliphatic carbocycles. The van der Waals surface area contributed by atoms with E-state index in [2.05, 4.69) is 21.2 Å². The van der Waals surface area contributed by atoms with E-state index in [-0.39, 0.29) is 11.6 Å². The van der Waals surface area contributed by atoms with Crippen molar-refractivity contribution in [3.05, 3.63) is 69.7 Å². The minimum Gasteiger partial charge on any atom is -0.345 e. The molecule has 2 aromatic rings. The average molecular weight is 340 g/mol. The Morgan fingerprint density at radius 2 is 1.95 bits per heavy atom. The summed E-state index contributed by atoms with van der Waals surface area (Å²) >= 11 is 3.35. The van der Waals surface area contributed by atoms with Gasteiger partial charge >= 0.3 is 0 Å². The Bertz CT molecular complexity index is 646. The number of nitrogens with one attached hydrogen (secondary N) is 1. The summed E-state index contributed by atoms with van der Waals surface area (Å²) in [6.45, 7) is 1.79. The minimum absolute atomic E-state index is 0.173. The van der Waals surface area contributed by atoms with E-state index in [1.165, 1.54) is 0 Å². The molecule has 0 saturated heterocycles. The fraction of sp³-hybridized carbons (Fsp3) is 0.133. The van der Waals surface area contributed by atoms with Crippen LogP contribution >= 0.6 is 15.9 Å². The maximum absolute atomic E-state index is 13.5. The van der Waals surface area contributed by atoms with E-state index in [0.29, 0.717) is 6.07 Å². The zero-order chi connectivity index (χ0) is 14.7. The number of amides is 1. The lowest BCUT2D eigenvalue weighted by molar-refractivity contribution is 0.0935. The molecule has 1 atom stereocenters. The van der Waals surface area contributed by atoms with E-state index in [0.717, 1.165) is 22.2 Å². The van der Waals surface area contributed by atoms with Crippen molar-refractivity contribution in [2.24, 2.45) is 0 Å². The SMILES string of the molecule is C[C@H](NC(=O)c1ccc(F)cc1F)c1cccc(Br)c1. The Balaban J connectivity index is 2.15. The largest absolute Gasteiger partial charge is 0.345 e. The van der Waals surface area contributed by atoms with Crippen molar-refractivity contribution in [2.45, 2.75) is 13.0 Å². The van der Waals surface area contributed by atoms with Crippen LogP contribution in [0.2, 0.25) is 0 Å². The Hall–Kier alpha value is -1.75. The molecule has 5 heteroatoms. The van der Waals surface area contributed by atoms with E-state index >= 15 is 0 Å². The third kappa shape index (κ3) is 3.42. The lowest BCUT2D eigenvalue weighted by Gasteiger charge is -2.15. The first-order valence-electron chi connectivity index (χ1n) is 5.99. The summed E-state index contributed by atoms with van der Waals surface area (Å²) in [4.78, 5) is 12.0. The van der Waals surface area contributed by atoms with Crippen molar-refractivity contribution >= 4 is 21.8 Å². The second-order valence-corrected chi connectivity index (χ2v) is 5.29. The first kappa shape index (κ1) is 14.7. The highest BCUT2D eigenvalue weighted by Gasteiger charge is 2.15. The molecule has 0 fully saturated rings. The Morgan fingerprint density at radius 3 is 2.60 bits per heavy atom. The molecule has 0 aliphatic heterocycles. The van der Waals surface area contributed by atoms with Gasteiger partial charge in [0.05, 0.1) is 11.6 Å². The number of hydrogen-bond donors (Lipinski definition) is 1. The molecule has 0 bridgehead atoms. The number of rotatable bonds is 3. The number of benzene rings is 2. The number of hydrogen-bond acceptors (Lipinski definition) is 1. The second-order valence-electron chi connectivity index (χ2n) is 4.37. The van der Waals surface area contributed by atoms with Crippen LogP contribution < -0.4 is 5.32 Å². The molecule has 1 N–H and O–H groups in total. The van der Waals surface area contributed by atoms with Gasteiger partial charge in [0.25, 0.3) is 5.91 Å². The van der Waals surface area contributed by atoms with Crippen molar-refractivity contribution in [1.29, 1.82) is 0 Å². The van der Waals surface area contributed by atoms with Crippen molar-refractivity contribution in [3.8, 4) is 0 Å². The molecule has 0 aromatic heterocycles. The molecular formula is C15H12BrF2NO. The van der Waals surface area contributed by atoms with Crippen molar-refractivity contribution in [3.63, 3.8) is 0 Å². The highest BCUT2D eigenvalue weighted by molar-refractivity contribution is 9.10. The molecular weight excluding hydrogens is 328 g/mol. The van der Waals surface area contributed by atoms with E-state index < -0.39 is 17.5 Å². The molecule has 2 nitrogen and oxygen atoms in total. The fourth-order valence-corrected chi connectivity index (χ4v) is 2.22. The molecule has 0 radical (unpaired) electrons. The van der Waals surface area contributed by atoms with Crippen LogP contribution in [0.15, 0.2) is 46.9 Å². The van der Waals surface area contributed by atoms with Crippen LogP contribution in [0.5, 0.6) is 0 Å². The number of carbonyl (C=O) groups excluding carboxylic acids is 1. The highest BCUT2D eigenvalue weighted by Crippen LogP contribution is 2.19. The normalized spacial score (nSPS) is 12.0. The molecule has 0 unspecified atom stereocenters. The van der Waals surface area contributed by atoms with E-state index in [1.54, 1.807) is 6.92 Å². The maximum atomic E-state index is 13.5. The van der Waals surface area contributed by atoms with E-state index in [1.807, 2.05) is 24.3 Å². The van der Waals surface area contributed by atoms with Crippen molar-refractivity contribution in [2.75, 3.05) is 0 Å². The molecule has 1 amide bonds. The van der Waals surface area contributed by atoms with Gasteiger partial charge < -0.3 is 5.32 Å². The van der Waals surface area contributed by atoms with Crippen LogP contribution in [-0.2, 0) is 0 Å². The molecule has 20 heavy (non-hydrogen) atoms. The summed E-state index contributed by atoms with van der Waals surface area (Å²) < 4.78 is 27.2. The summed E-state index contributed by atoms with van der Waals surface area (Å²) in [7, 11) is 0. The van der Waals surface area contributed by atoms with Crippen LogP contribution in [0.4, 0.5) is 8.78 Å². The van der Waals surface area contributed by atoms with Gasteiger partial charge in [0.1, 0.15) is 11.6 Å². The standard InChI is InChI=1S/C15H12BrF2NO/c1-9(10-3-2-4-11(16)7-10)19-15(20)13-6-5-12(17)8-14(13)18/h2-9H,1H3,(H,19,20)/t9-/m0/s1. The quantitative estimate of drug-likeness (QED) is 0.891. The van der Waals surface area contributed by atoms with Crippen LogP contribution in [-0.4, -0.2) is 5.91 Å². The highest BCUT2D eigenvalue weighted by atomic mass is 79.9. The lowest BCUT2D eigenvalue weighted by atomic mass is 10.1. The average Bonchev–Trinajstić information content (AvgIpc) is 2.38. The van der Waals surface area contributed by atoms with Crippen LogP contribution in [0, 0.1) is 11.6 Å². The Kier molecular flexibility index (Phi) is 4.49. The molecule has 2 aromatic carbocycles. The van der Waals surface area contributed by atoms with Crippen LogP contribution in [0.3, 0.4) is 0 Å². The van der Waals surface area contributed by atoms with Crippen molar-refractivity contribution in [1.82, 2.24) is 5.32 Å². The molecule has 0 aliphatic rings. The Morgan fingerprint density at radius 1 is 1.20 bits per heavy atom. The van der Waals surface area contributed by atoms with Gasteiger partial charge in [-0.15, -0.1) is 0 Å². The summed E-state index contributed by atoms with van der Waals surface area (Å²) in [6.07, 6.45) is 0. The van der Waals surface area contributed by atoms with Gasteiger partial charge in [-0.2, -0.15) is 0 Å². The predicted molar refractivity (Wildman–Crippen MR) is 76.4 cm³/mol. The molecule has 0 heterocycles. The first-order valence-corrected chi connectivity index (χ1v) is 6.78. The van der Waals surface area contributed by atoms with E-state index in [4.69, 9.17) is 0 Å². The summed E-state index contributed by atoms with van der Waals surface area (Å²) in [6, 6.07) is 10.0. The van der Waals surface area contributed by atoms with Gasteiger partial charge in [0.15, 0.2) is 0 Å². The minimum atomic E-state index is -0.871. The smallest absolute Gasteiger partial charge is 0.254 e. The first-order chi connectivity index (χ1) is 9.47. The van der Waals surface area contributed by atoms with Gasteiger partial charge in [0, 0.05) is 10.5 Å². The zero-order valence-corrected chi connectivity index (χ0v) is 12.2.